The first kappa shape index (κ1) is 27.9. The van der Waals surface area contributed by atoms with Crippen molar-refractivity contribution in [3.8, 4) is 0 Å². The Morgan fingerprint density at radius 2 is 1.81 bits per heavy atom. The molecule has 0 spiro atoms. The lowest BCUT2D eigenvalue weighted by molar-refractivity contribution is -0.141. The van der Waals surface area contributed by atoms with Gasteiger partial charge in [-0.1, -0.05) is 18.2 Å². The first-order chi connectivity index (χ1) is 17.3. The van der Waals surface area contributed by atoms with Gasteiger partial charge in [0.25, 0.3) is 0 Å². The van der Waals surface area contributed by atoms with Crippen LogP contribution in [0.4, 0.5) is 22.0 Å². The van der Waals surface area contributed by atoms with Crippen LogP contribution in [0.2, 0.25) is 0 Å². The molecule has 1 aromatic heterocycles. The minimum atomic E-state index is -4.61. The van der Waals surface area contributed by atoms with Gasteiger partial charge in [-0.15, -0.1) is 0 Å². The van der Waals surface area contributed by atoms with Gasteiger partial charge in [0.1, 0.15) is 42.5 Å². The SMILES string of the molecule is CC(=O)OC[C@@H](N[C@H](C)[C@](O)(Cn1cncn1)c1ccc(F)cc1F)C(=O)c1ccc(C(F)(F)F)cc1. The van der Waals surface area contributed by atoms with Crippen LogP contribution < -0.4 is 5.32 Å². The molecule has 3 atom stereocenters. The summed E-state index contributed by atoms with van der Waals surface area (Å²) in [7, 11) is 0. The molecule has 3 rings (SSSR count). The zero-order valence-corrected chi connectivity index (χ0v) is 19.7. The Morgan fingerprint density at radius 1 is 1.14 bits per heavy atom. The largest absolute Gasteiger partial charge is 0.464 e. The third kappa shape index (κ3) is 6.74. The molecule has 0 saturated heterocycles. The van der Waals surface area contributed by atoms with E-state index in [4.69, 9.17) is 4.74 Å². The summed E-state index contributed by atoms with van der Waals surface area (Å²) < 4.78 is 73.3. The van der Waals surface area contributed by atoms with Crippen LogP contribution in [0, 0.1) is 11.6 Å². The van der Waals surface area contributed by atoms with Crippen LogP contribution in [0.15, 0.2) is 55.1 Å². The molecular formula is C24H23F5N4O4. The highest BCUT2D eigenvalue weighted by molar-refractivity contribution is 6.00. The van der Waals surface area contributed by atoms with Crippen molar-refractivity contribution < 1.29 is 41.4 Å². The molecule has 3 aromatic rings. The first-order valence-corrected chi connectivity index (χ1v) is 10.9. The maximum absolute atomic E-state index is 14.8. The minimum absolute atomic E-state index is 0.127. The zero-order chi connectivity index (χ0) is 27.4. The number of benzene rings is 2. The maximum atomic E-state index is 14.8. The first-order valence-electron chi connectivity index (χ1n) is 10.9. The van der Waals surface area contributed by atoms with Crippen LogP contribution in [0.3, 0.4) is 0 Å². The number of nitrogens with one attached hydrogen (secondary N) is 1. The molecule has 1 heterocycles. The minimum Gasteiger partial charge on any atom is -0.464 e. The summed E-state index contributed by atoms with van der Waals surface area (Å²) in [6.45, 7) is 1.59. The molecule has 0 unspecified atom stereocenters. The fourth-order valence-electron chi connectivity index (χ4n) is 3.72. The van der Waals surface area contributed by atoms with Crippen LogP contribution in [-0.4, -0.2) is 50.3 Å². The van der Waals surface area contributed by atoms with E-state index >= 15 is 0 Å². The molecule has 0 aliphatic heterocycles. The summed E-state index contributed by atoms with van der Waals surface area (Å²) in [6.07, 6.45) is -2.18. The van der Waals surface area contributed by atoms with Crippen molar-refractivity contribution in [2.45, 2.75) is 44.3 Å². The number of aromatic nitrogens is 3. The van der Waals surface area contributed by atoms with Crippen molar-refractivity contribution in [3.63, 3.8) is 0 Å². The zero-order valence-electron chi connectivity index (χ0n) is 19.7. The van der Waals surface area contributed by atoms with Gasteiger partial charge in [0.15, 0.2) is 5.78 Å². The number of halogens is 5. The second-order valence-electron chi connectivity index (χ2n) is 8.32. The summed E-state index contributed by atoms with van der Waals surface area (Å²) in [5.74, 6) is -3.43. The quantitative estimate of drug-likeness (QED) is 0.237. The molecule has 8 nitrogen and oxygen atoms in total. The Hall–Kier alpha value is -3.71. The molecule has 0 radical (unpaired) electrons. The van der Waals surface area contributed by atoms with Crippen molar-refractivity contribution in [1.82, 2.24) is 20.1 Å². The van der Waals surface area contributed by atoms with E-state index in [1.807, 2.05) is 0 Å². The average Bonchev–Trinajstić information content (AvgIpc) is 3.33. The maximum Gasteiger partial charge on any atom is 0.416 e. The molecule has 0 amide bonds. The van der Waals surface area contributed by atoms with E-state index in [1.165, 1.54) is 24.3 Å². The molecule has 0 saturated carbocycles. The standard InChI is InChI=1S/C24H23F5N4O4/c1-14(23(36,11-33-13-30-12-31-33)19-8-7-18(25)9-20(19)26)32-21(10-37-15(2)34)22(35)16-3-5-17(6-4-16)24(27,28)29/h3-9,12-14,21,32,36H,10-11H2,1-2H3/t14-,21-,23-/m1/s1. The van der Waals surface area contributed by atoms with Crippen LogP contribution >= 0.6 is 0 Å². The number of hydrogen-bond acceptors (Lipinski definition) is 7. The van der Waals surface area contributed by atoms with Gasteiger partial charge in [0, 0.05) is 30.2 Å². The fraction of sp³-hybridized carbons (Fsp3) is 0.333. The van der Waals surface area contributed by atoms with E-state index < -0.39 is 59.4 Å². The number of hydrogen-bond donors (Lipinski definition) is 2. The van der Waals surface area contributed by atoms with Gasteiger partial charge in [-0.25, -0.2) is 18.4 Å². The molecule has 0 fully saturated rings. The lowest BCUT2D eigenvalue weighted by atomic mass is 9.85. The molecule has 0 aliphatic rings. The van der Waals surface area contributed by atoms with Gasteiger partial charge in [-0.2, -0.15) is 18.3 Å². The molecule has 37 heavy (non-hydrogen) atoms. The van der Waals surface area contributed by atoms with Crippen molar-refractivity contribution in [3.05, 3.63) is 83.4 Å². The number of aliphatic hydroxyl groups is 1. The molecule has 0 aliphatic carbocycles. The number of Topliss-reactive ketones (excluding diaryl/α,β-unsaturated/α-hetero) is 1. The number of nitrogens with zero attached hydrogens (tertiary/aromatic N) is 3. The smallest absolute Gasteiger partial charge is 0.416 e. The number of alkyl halides is 3. The highest BCUT2D eigenvalue weighted by Crippen LogP contribution is 2.31. The lowest BCUT2D eigenvalue weighted by Gasteiger charge is -2.37. The Bertz CT molecular complexity index is 1230. The van der Waals surface area contributed by atoms with Gasteiger partial charge in [0.05, 0.1) is 12.1 Å². The summed E-state index contributed by atoms with van der Waals surface area (Å²) in [5.41, 5.74) is -3.55. The number of rotatable bonds is 10. The molecule has 0 bridgehead atoms. The van der Waals surface area contributed by atoms with Crippen LogP contribution in [0.1, 0.15) is 35.3 Å². The lowest BCUT2D eigenvalue weighted by Crippen LogP contribution is -2.56. The Morgan fingerprint density at radius 3 is 2.35 bits per heavy atom. The third-order valence-electron chi connectivity index (χ3n) is 5.70. The Kier molecular flexibility index (Phi) is 8.39. The van der Waals surface area contributed by atoms with Crippen LogP contribution in [0.5, 0.6) is 0 Å². The number of ketones is 1. The second-order valence-corrected chi connectivity index (χ2v) is 8.32. The molecule has 2 aromatic carbocycles. The van der Waals surface area contributed by atoms with E-state index in [2.05, 4.69) is 15.4 Å². The second kappa shape index (κ2) is 11.1. The Balaban J connectivity index is 1.95. The highest BCUT2D eigenvalue weighted by atomic mass is 19.4. The van der Waals surface area contributed by atoms with E-state index in [1.54, 1.807) is 0 Å². The number of esters is 1. The molecule has 2 N–H and O–H groups in total. The normalized spacial score (nSPS) is 15.0. The summed E-state index contributed by atoms with van der Waals surface area (Å²) >= 11 is 0. The topological polar surface area (TPSA) is 106 Å². The summed E-state index contributed by atoms with van der Waals surface area (Å²) in [6, 6.07) is 3.46. The van der Waals surface area contributed by atoms with Crippen molar-refractivity contribution in [1.29, 1.82) is 0 Å². The predicted octanol–water partition coefficient (Wildman–Crippen LogP) is 3.26. The van der Waals surface area contributed by atoms with Crippen molar-refractivity contribution in [2.75, 3.05) is 6.61 Å². The van der Waals surface area contributed by atoms with E-state index in [0.717, 1.165) is 43.3 Å². The molecular weight excluding hydrogens is 503 g/mol. The van der Waals surface area contributed by atoms with Gasteiger partial charge in [-0.3, -0.25) is 14.9 Å². The highest BCUT2D eigenvalue weighted by Gasteiger charge is 2.41. The van der Waals surface area contributed by atoms with Crippen LogP contribution in [0.25, 0.3) is 0 Å². The Labute approximate surface area is 208 Å². The van der Waals surface area contributed by atoms with Gasteiger partial charge in [0.2, 0.25) is 0 Å². The van der Waals surface area contributed by atoms with Crippen LogP contribution in [-0.2, 0) is 27.9 Å². The number of carbonyl (C=O) groups is 2. The predicted molar refractivity (Wildman–Crippen MR) is 119 cm³/mol. The van der Waals surface area contributed by atoms with E-state index in [0.29, 0.717) is 6.07 Å². The van der Waals surface area contributed by atoms with E-state index in [-0.39, 0.29) is 17.7 Å². The molecule has 198 valence electrons. The van der Waals surface area contributed by atoms with Gasteiger partial charge >= 0.3 is 12.1 Å². The fourth-order valence-corrected chi connectivity index (χ4v) is 3.72. The monoisotopic (exact) mass is 526 g/mol. The van der Waals surface area contributed by atoms with Crippen molar-refractivity contribution in [2.24, 2.45) is 0 Å². The number of ether oxygens (including phenoxy) is 1. The third-order valence-corrected chi connectivity index (χ3v) is 5.70. The summed E-state index contributed by atoms with van der Waals surface area (Å²) in [5, 5.41) is 18.3. The molecule has 13 heteroatoms. The van der Waals surface area contributed by atoms with E-state index in [9.17, 15) is 36.6 Å². The summed E-state index contributed by atoms with van der Waals surface area (Å²) in [4.78, 5) is 28.4. The average molecular weight is 526 g/mol. The van der Waals surface area contributed by atoms with Crippen molar-refractivity contribution >= 4 is 11.8 Å². The van der Waals surface area contributed by atoms with Gasteiger partial charge in [-0.05, 0) is 25.1 Å². The number of carbonyl (C=O) groups excluding carboxylic acids is 2. The van der Waals surface area contributed by atoms with Gasteiger partial charge < -0.3 is 9.84 Å².